The van der Waals surface area contributed by atoms with Crippen molar-refractivity contribution in [3.05, 3.63) is 131 Å². The van der Waals surface area contributed by atoms with Crippen LogP contribution in [0.1, 0.15) is 49.2 Å². The first-order valence-corrected chi connectivity index (χ1v) is 14.2. The van der Waals surface area contributed by atoms with Crippen molar-refractivity contribution in [1.29, 1.82) is 0 Å². The number of aromatic nitrogens is 1. The molecule has 0 unspecified atom stereocenters. The molecule has 10 heteroatoms. The lowest BCUT2D eigenvalue weighted by molar-refractivity contribution is 0.0696. The molecule has 3 aromatic carbocycles. The van der Waals surface area contributed by atoms with E-state index in [0.29, 0.717) is 22.8 Å². The van der Waals surface area contributed by atoms with E-state index in [4.69, 9.17) is 19.0 Å². The molecule has 0 aliphatic carbocycles. The van der Waals surface area contributed by atoms with Gasteiger partial charge in [0.1, 0.15) is 30.5 Å². The Balaban J connectivity index is 1.17. The van der Waals surface area contributed by atoms with Gasteiger partial charge in [0.2, 0.25) is 0 Å². The summed E-state index contributed by atoms with van der Waals surface area (Å²) < 4.78 is 19.8. The Morgan fingerprint density at radius 3 is 2.27 bits per heavy atom. The SMILES string of the molecule is Cc1ccc(C)n1-c1ccc(OCc2ccc(C(=O)N/N=C/c3ccc(N(C)C)cc3OCc3ccc(C(=O)O)cc3)o2)cc1. The Bertz CT molecular complexity index is 1800. The fourth-order valence-electron chi connectivity index (χ4n) is 4.65. The summed E-state index contributed by atoms with van der Waals surface area (Å²) in [6.45, 7) is 4.51. The van der Waals surface area contributed by atoms with E-state index in [0.717, 1.165) is 28.3 Å². The Morgan fingerprint density at radius 1 is 0.889 bits per heavy atom. The highest BCUT2D eigenvalue weighted by Crippen LogP contribution is 2.25. The van der Waals surface area contributed by atoms with Crippen LogP contribution in [0.25, 0.3) is 5.69 Å². The second-order valence-corrected chi connectivity index (χ2v) is 10.6. The Kier molecular flexibility index (Phi) is 9.33. The molecule has 0 atom stereocenters. The smallest absolute Gasteiger partial charge is 0.335 e. The van der Waals surface area contributed by atoms with Gasteiger partial charge in [-0.05, 0) is 92.2 Å². The highest BCUT2D eigenvalue weighted by molar-refractivity contribution is 5.93. The number of rotatable bonds is 12. The van der Waals surface area contributed by atoms with E-state index in [2.05, 4.69) is 41.1 Å². The van der Waals surface area contributed by atoms with Gasteiger partial charge in [-0.1, -0.05) is 12.1 Å². The monoisotopic (exact) mass is 606 g/mol. The first-order chi connectivity index (χ1) is 21.7. The van der Waals surface area contributed by atoms with E-state index in [1.807, 2.05) is 61.5 Å². The summed E-state index contributed by atoms with van der Waals surface area (Å²) >= 11 is 0. The molecule has 0 radical (unpaired) electrons. The molecule has 5 rings (SSSR count). The number of nitrogens with zero attached hydrogens (tertiary/aromatic N) is 3. The summed E-state index contributed by atoms with van der Waals surface area (Å²) in [5.41, 5.74) is 8.43. The van der Waals surface area contributed by atoms with Gasteiger partial charge in [-0.3, -0.25) is 4.79 Å². The quantitative estimate of drug-likeness (QED) is 0.125. The molecular formula is C35H34N4O6. The Hall–Kier alpha value is -5.77. The molecular weight excluding hydrogens is 572 g/mol. The molecule has 0 fully saturated rings. The molecule has 1 amide bonds. The summed E-state index contributed by atoms with van der Waals surface area (Å²) in [6, 6.07) is 27.3. The minimum atomic E-state index is -0.985. The van der Waals surface area contributed by atoms with E-state index in [1.165, 1.54) is 18.3 Å². The summed E-state index contributed by atoms with van der Waals surface area (Å²) in [6.07, 6.45) is 1.49. The fraction of sp³-hybridized carbons (Fsp3) is 0.171. The molecule has 2 heterocycles. The molecule has 0 aliphatic rings. The lowest BCUT2D eigenvalue weighted by atomic mass is 10.1. The van der Waals surface area contributed by atoms with Gasteiger partial charge in [0.25, 0.3) is 0 Å². The van der Waals surface area contributed by atoms with Gasteiger partial charge < -0.3 is 28.5 Å². The molecule has 0 aliphatic heterocycles. The second-order valence-electron chi connectivity index (χ2n) is 10.6. The van der Waals surface area contributed by atoms with Gasteiger partial charge in [-0.15, -0.1) is 0 Å². The second kappa shape index (κ2) is 13.7. The first kappa shape index (κ1) is 30.7. The third kappa shape index (κ3) is 7.61. The van der Waals surface area contributed by atoms with Crippen molar-refractivity contribution in [2.45, 2.75) is 27.1 Å². The van der Waals surface area contributed by atoms with Crippen LogP contribution >= 0.6 is 0 Å². The molecule has 230 valence electrons. The number of carboxylic acids is 1. The maximum Gasteiger partial charge on any atom is 0.335 e. The zero-order valence-corrected chi connectivity index (χ0v) is 25.5. The van der Waals surface area contributed by atoms with Crippen molar-refractivity contribution in [2.24, 2.45) is 5.10 Å². The number of ether oxygens (including phenoxy) is 2. The van der Waals surface area contributed by atoms with E-state index in [-0.39, 0.29) is 24.5 Å². The molecule has 2 aromatic heterocycles. The lowest BCUT2D eigenvalue weighted by Crippen LogP contribution is -2.17. The third-order valence-electron chi connectivity index (χ3n) is 7.11. The average Bonchev–Trinajstić information content (AvgIpc) is 3.65. The van der Waals surface area contributed by atoms with Gasteiger partial charge in [0.05, 0.1) is 11.8 Å². The number of carbonyl (C=O) groups is 2. The minimum Gasteiger partial charge on any atom is -0.488 e. The molecule has 45 heavy (non-hydrogen) atoms. The molecule has 0 saturated heterocycles. The molecule has 2 N–H and O–H groups in total. The molecule has 0 bridgehead atoms. The third-order valence-corrected chi connectivity index (χ3v) is 7.11. The zero-order valence-electron chi connectivity index (χ0n) is 25.5. The van der Waals surface area contributed by atoms with Crippen molar-refractivity contribution in [2.75, 3.05) is 19.0 Å². The normalized spacial score (nSPS) is 11.0. The van der Waals surface area contributed by atoms with Gasteiger partial charge in [0, 0.05) is 48.5 Å². The summed E-state index contributed by atoms with van der Waals surface area (Å²) in [7, 11) is 3.84. The summed E-state index contributed by atoms with van der Waals surface area (Å²) in [5, 5.41) is 13.2. The Labute approximate surface area is 261 Å². The van der Waals surface area contributed by atoms with E-state index in [9.17, 15) is 9.59 Å². The Morgan fingerprint density at radius 2 is 1.60 bits per heavy atom. The van der Waals surface area contributed by atoms with Crippen LogP contribution in [-0.2, 0) is 13.2 Å². The molecule has 10 nitrogen and oxygen atoms in total. The first-order valence-electron chi connectivity index (χ1n) is 14.2. The number of amides is 1. The number of hydrazone groups is 1. The zero-order chi connectivity index (χ0) is 31.9. The summed E-state index contributed by atoms with van der Waals surface area (Å²) in [5.74, 6) is 0.334. The number of hydrogen-bond donors (Lipinski definition) is 2. The predicted octanol–water partition coefficient (Wildman–Crippen LogP) is 6.37. The minimum absolute atomic E-state index is 0.101. The number of anilines is 1. The van der Waals surface area contributed by atoms with Crippen LogP contribution in [0.4, 0.5) is 5.69 Å². The van der Waals surface area contributed by atoms with Crippen molar-refractivity contribution in [3.8, 4) is 17.2 Å². The van der Waals surface area contributed by atoms with Crippen molar-refractivity contribution >= 4 is 23.8 Å². The topological polar surface area (TPSA) is 119 Å². The molecule has 0 saturated carbocycles. The number of hydrogen-bond acceptors (Lipinski definition) is 7. The number of furan rings is 1. The summed E-state index contributed by atoms with van der Waals surface area (Å²) in [4.78, 5) is 25.8. The van der Waals surface area contributed by atoms with Gasteiger partial charge in [0.15, 0.2) is 5.76 Å². The van der Waals surface area contributed by atoms with Crippen molar-refractivity contribution in [3.63, 3.8) is 0 Å². The molecule has 0 spiro atoms. The standard InChI is InChI=1S/C35H34N4O6/c1-23-5-6-24(2)39(23)28-13-15-30(16-14-28)43-22-31-17-18-32(45-31)34(40)37-36-20-27-11-12-29(38(3)4)19-33(27)44-21-25-7-9-26(10-8-25)35(41)42/h5-20H,21-22H2,1-4H3,(H,37,40)(H,41,42)/b36-20+. The largest absolute Gasteiger partial charge is 0.488 e. The maximum atomic E-state index is 12.7. The maximum absolute atomic E-state index is 12.7. The highest BCUT2D eigenvalue weighted by Gasteiger charge is 2.12. The van der Waals surface area contributed by atoms with Crippen LogP contribution in [0, 0.1) is 13.8 Å². The van der Waals surface area contributed by atoms with Crippen LogP contribution in [0.2, 0.25) is 0 Å². The van der Waals surface area contributed by atoms with E-state index >= 15 is 0 Å². The van der Waals surface area contributed by atoms with Crippen LogP contribution < -0.4 is 19.8 Å². The molecule has 5 aromatic rings. The van der Waals surface area contributed by atoms with Crippen molar-refractivity contribution < 1.29 is 28.6 Å². The van der Waals surface area contributed by atoms with Gasteiger partial charge in [-0.2, -0.15) is 5.10 Å². The average molecular weight is 607 g/mol. The number of nitrogens with one attached hydrogen (secondary N) is 1. The number of carboxylic acid groups (broad SMARTS) is 1. The lowest BCUT2D eigenvalue weighted by Gasteiger charge is -2.16. The van der Waals surface area contributed by atoms with Crippen LogP contribution in [0.5, 0.6) is 11.5 Å². The number of carbonyl (C=O) groups excluding carboxylic acids is 1. The van der Waals surface area contributed by atoms with Crippen LogP contribution in [0.15, 0.2) is 101 Å². The number of benzene rings is 3. The number of aryl methyl sites for hydroxylation is 2. The van der Waals surface area contributed by atoms with Gasteiger partial charge >= 0.3 is 11.9 Å². The number of aromatic carboxylic acids is 1. The highest BCUT2D eigenvalue weighted by atomic mass is 16.5. The predicted molar refractivity (Wildman–Crippen MR) is 172 cm³/mol. The van der Waals surface area contributed by atoms with Gasteiger partial charge in [-0.25, -0.2) is 10.2 Å². The van der Waals surface area contributed by atoms with E-state index < -0.39 is 11.9 Å². The van der Waals surface area contributed by atoms with E-state index in [1.54, 1.807) is 24.3 Å². The van der Waals surface area contributed by atoms with Crippen LogP contribution in [0.3, 0.4) is 0 Å². The van der Waals surface area contributed by atoms with Crippen LogP contribution in [-0.4, -0.2) is 41.9 Å². The van der Waals surface area contributed by atoms with Crippen molar-refractivity contribution in [1.82, 2.24) is 9.99 Å². The fourth-order valence-corrected chi connectivity index (χ4v) is 4.65.